The van der Waals surface area contributed by atoms with Gasteiger partial charge in [-0.2, -0.15) is 0 Å². The Balaban J connectivity index is 4.87. The van der Waals surface area contributed by atoms with Crippen LogP contribution in [0.4, 0.5) is 0 Å². The molecule has 3 atom stereocenters. The number of esters is 3. The zero-order valence-electron chi connectivity index (χ0n) is 48.8. The Labute approximate surface area is 474 Å². The van der Waals surface area contributed by atoms with Crippen LogP contribution in [0.25, 0.3) is 0 Å². The molecule has 78 heavy (non-hydrogen) atoms. The molecule has 0 aliphatic rings. The Hall–Kier alpha value is -4.38. The second-order valence-corrected chi connectivity index (χ2v) is 20.8. The monoisotopic (exact) mass is 1110 g/mol. The fourth-order valence-electron chi connectivity index (χ4n) is 7.54. The van der Waals surface area contributed by atoms with Crippen LogP contribution in [-0.4, -0.2) is 66.5 Å². The van der Waals surface area contributed by atoms with Crippen molar-refractivity contribution in [2.24, 2.45) is 0 Å². The predicted molar refractivity (Wildman–Crippen MR) is 325 cm³/mol. The van der Waals surface area contributed by atoms with E-state index in [4.69, 9.17) is 23.3 Å². The van der Waals surface area contributed by atoms with Gasteiger partial charge in [-0.05, 0) is 122 Å². The van der Waals surface area contributed by atoms with E-state index in [2.05, 4.69) is 142 Å². The van der Waals surface area contributed by atoms with Crippen molar-refractivity contribution in [2.45, 2.75) is 238 Å². The van der Waals surface area contributed by atoms with Gasteiger partial charge in [-0.3, -0.25) is 23.4 Å². The summed E-state index contributed by atoms with van der Waals surface area (Å²) in [5.74, 6) is -1.61. The largest absolute Gasteiger partial charge is 0.472 e. The van der Waals surface area contributed by atoms with Crippen molar-refractivity contribution in [3.05, 3.63) is 134 Å². The molecule has 0 amide bonds. The van der Waals surface area contributed by atoms with Crippen molar-refractivity contribution < 1.29 is 52.2 Å². The van der Waals surface area contributed by atoms with Crippen LogP contribution in [0.15, 0.2) is 134 Å². The highest BCUT2D eigenvalue weighted by atomic mass is 31.2. The minimum atomic E-state index is -4.79. The van der Waals surface area contributed by atoms with Crippen LogP contribution in [0.2, 0.25) is 0 Å². The van der Waals surface area contributed by atoms with Gasteiger partial charge in [0.05, 0.1) is 19.8 Å². The van der Waals surface area contributed by atoms with Gasteiger partial charge in [-0.1, -0.05) is 219 Å². The summed E-state index contributed by atoms with van der Waals surface area (Å²) in [5.41, 5.74) is 0. The van der Waals surface area contributed by atoms with E-state index in [1.165, 1.54) is 38.5 Å². The Bertz CT molecular complexity index is 1820. The summed E-state index contributed by atoms with van der Waals surface area (Å²) in [7, 11) is -4.79. The van der Waals surface area contributed by atoms with E-state index in [1.54, 1.807) is 0 Å². The fraction of sp³-hybridized carbons (Fsp3) is 0.621. The first-order valence-electron chi connectivity index (χ1n) is 30.1. The SMILES string of the molecule is CC/C=C\C/C=C\C/C=C\C/C=C\C/C=C\C/C=C\CCC(=O)OC(COC(=O)CCCCCCC/C=C\CCCCCCCC)COP(=O)(O)OCC(CO)OC(=O)CCCCCC/C=C\C/C=C\C/C=C\C/C=C\CC. The molecule has 0 fully saturated rings. The molecule has 0 aliphatic carbocycles. The van der Waals surface area contributed by atoms with Crippen LogP contribution in [0, 0.1) is 0 Å². The van der Waals surface area contributed by atoms with Crippen LogP contribution < -0.4 is 0 Å². The van der Waals surface area contributed by atoms with Gasteiger partial charge in [0, 0.05) is 19.3 Å². The Morgan fingerprint density at radius 2 is 0.692 bits per heavy atom. The first-order chi connectivity index (χ1) is 38.2. The van der Waals surface area contributed by atoms with Gasteiger partial charge in [-0.25, -0.2) is 4.57 Å². The van der Waals surface area contributed by atoms with Crippen molar-refractivity contribution >= 4 is 25.7 Å². The predicted octanol–water partition coefficient (Wildman–Crippen LogP) is 18.1. The summed E-state index contributed by atoms with van der Waals surface area (Å²) in [6, 6.07) is 0. The van der Waals surface area contributed by atoms with Crippen molar-refractivity contribution in [1.82, 2.24) is 0 Å². The fourth-order valence-corrected chi connectivity index (χ4v) is 8.33. The van der Waals surface area contributed by atoms with Crippen LogP contribution in [0.1, 0.15) is 226 Å². The third-order valence-corrected chi connectivity index (χ3v) is 13.0. The van der Waals surface area contributed by atoms with Gasteiger partial charge in [0.1, 0.15) is 12.7 Å². The third-order valence-electron chi connectivity index (χ3n) is 12.1. The molecule has 0 radical (unpaired) electrons. The molecule has 0 aromatic rings. The molecule has 0 spiro atoms. The number of hydrogen-bond donors (Lipinski definition) is 2. The molecule has 0 bridgehead atoms. The number of unbranched alkanes of at least 4 members (excludes halogenated alkanes) is 15. The highest BCUT2D eigenvalue weighted by Crippen LogP contribution is 2.43. The van der Waals surface area contributed by atoms with Crippen LogP contribution >= 0.6 is 7.82 Å². The molecule has 3 unspecified atom stereocenters. The Morgan fingerprint density at radius 1 is 0.372 bits per heavy atom. The number of hydrogen-bond acceptors (Lipinski definition) is 10. The summed E-state index contributed by atoms with van der Waals surface area (Å²) in [5, 5.41) is 9.83. The van der Waals surface area contributed by atoms with Crippen LogP contribution in [0.3, 0.4) is 0 Å². The number of carbonyl (C=O) groups is 3. The lowest BCUT2D eigenvalue weighted by molar-refractivity contribution is -0.161. The zero-order valence-corrected chi connectivity index (χ0v) is 49.7. The van der Waals surface area contributed by atoms with E-state index >= 15 is 0 Å². The maximum Gasteiger partial charge on any atom is 0.472 e. The topological polar surface area (TPSA) is 155 Å². The van der Waals surface area contributed by atoms with Crippen molar-refractivity contribution in [3.63, 3.8) is 0 Å². The normalized spacial score (nSPS) is 14.3. The molecule has 0 aliphatic heterocycles. The number of aliphatic hydroxyl groups is 1. The number of ether oxygens (including phenoxy) is 3. The quantitative estimate of drug-likeness (QED) is 0.0197. The average Bonchev–Trinajstić information content (AvgIpc) is 3.43. The number of phosphoric ester groups is 1. The second kappa shape index (κ2) is 58.8. The number of carbonyl (C=O) groups excluding carboxylic acids is 3. The summed E-state index contributed by atoms with van der Waals surface area (Å²) < 4.78 is 39.5. The molecule has 0 heterocycles. The standard InChI is InChI=1S/C66H107O11P/c1-4-7-10-13-16-19-22-25-28-30-31-33-36-39-42-45-48-51-54-57-66(70)77-63(59-73-64(68)55-52-49-46-43-40-37-34-27-24-21-18-15-12-9-6-3)61-75-78(71,72)74-60-62(58-67)76-65(69)56-53-50-47-44-41-38-35-32-29-26-23-20-17-14-11-8-5-2/h7-8,10-11,16-17,19-20,25-29,31,33-35,38-39,42,48,51,62-63,67H,4-6,9,12-15,18,21-24,30,32,36-37,40-41,43-47,49-50,52-61H2,1-3H3,(H,71,72)/b10-7-,11-8-,19-16-,20-17-,28-25-,29-26-,33-31-,34-27-,38-35-,42-39-,51-48-. The van der Waals surface area contributed by atoms with Gasteiger partial charge < -0.3 is 24.2 Å². The molecule has 12 heteroatoms. The molecular weight excluding hydrogens is 1000 g/mol. The van der Waals surface area contributed by atoms with E-state index in [0.717, 1.165) is 122 Å². The first kappa shape index (κ1) is 73.6. The lowest BCUT2D eigenvalue weighted by atomic mass is 10.1. The summed E-state index contributed by atoms with van der Waals surface area (Å²) in [6.45, 7) is 4.28. The molecule has 0 aromatic carbocycles. The highest BCUT2D eigenvalue weighted by Gasteiger charge is 2.28. The Morgan fingerprint density at radius 3 is 1.12 bits per heavy atom. The lowest BCUT2D eigenvalue weighted by Gasteiger charge is -2.21. The van der Waals surface area contributed by atoms with Gasteiger partial charge in [0.15, 0.2) is 6.10 Å². The maximum absolute atomic E-state index is 12.9. The molecule has 0 saturated carbocycles. The van der Waals surface area contributed by atoms with Crippen molar-refractivity contribution in [3.8, 4) is 0 Å². The molecule has 2 N–H and O–H groups in total. The molecule has 11 nitrogen and oxygen atoms in total. The van der Waals surface area contributed by atoms with Crippen molar-refractivity contribution in [1.29, 1.82) is 0 Å². The summed E-state index contributed by atoms with van der Waals surface area (Å²) in [6.07, 6.45) is 74.2. The van der Waals surface area contributed by atoms with Gasteiger partial charge in [0.25, 0.3) is 0 Å². The molecule has 0 saturated heterocycles. The molecular formula is C66H107O11P. The lowest BCUT2D eigenvalue weighted by Crippen LogP contribution is -2.30. The summed E-state index contributed by atoms with van der Waals surface area (Å²) >= 11 is 0. The van der Waals surface area contributed by atoms with E-state index in [-0.39, 0.29) is 25.9 Å². The maximum atomic E-state index is 12.9. The van der Waals surface area contributed by atoms with E-state index < -0.39 is 57.8 Å². The average molecular weight is 1110 g/mol. The smallest absolute Gasteiger partial charge is 0.462 e. The van der Waals surface area contributed by atoms with Gasteiger partial charge in [0.2, 0.25) is 0 Å². The number of phosphoric acid groups is 1. The minimum Gasteiger partial charge on any atom is -0.462 e. The number of aliphatic hydroxyl groups excluding tert-OH is 1. The summed E-state index contributed by atoms with van der Waals surface area (Å²) in [4.78, 5) is 48.6. The number of allylic oxidation sites excluding steroid dienone is 22. The van der Waals surface area contributed by atoms with E-state index in [9.17, 15) is 28.9 Å². The van der Waals surface area contributed by atoms with Gasteiger partial charge in [-0.15, -0.1) is 0 Å². The molecule has 442 valence electrons. The zero-order chi connectivity index (χ0) is 56.9. The molecule has 0 rings (SSSR count). The van der Waals surface area contributed by atoms with E-state index in [0.29, 0.717) is 25.7 Å². The van der Waals surface area contributed by atoms with Crippen LogP contribution in [0.5, 0.6) is 0 Å². The van der Waals surface area contributed by atoms with Gasteiger partial charge >= 0.3 is 25.7 Å². The highest BCUT2D eigenvalue weighted by molar-refractivity contribution is 7.47. The first-order valence-corrected chi connectivity index (χ1v) is 31.6. The van der Waals surface area contributed by atoms with E-state index in [1.807, 2.05) is 12.2 Å². The minimum absolute atomic E-state index is 0.0321. The second-order valence-electron chi connectivity index (χ2n) is 19.4. The Kier molecular flexibility index (Phi) is 55.5. The number of rotatable bonds is 54. The molecule has 0 aromatic heterocycles. The van der Waals surface area contributed by atoms with Crippen LogP contribution in [-0.2, 0) is 42.2 Å². The third kappa shape index (κ3) is 56.3. The van der Waals surface area contributed by atoms with Crippen molar-refractivity contribution in [2.75, 3.05) is 26.4 Å².